The molecule has 1 aliphatic rings. The summed E-state index contributed by atoms with van der Waals surface area (Å²) in [5.41, 5.74) is -0.558. The number of nitrogens with zero attached hydrogens (tertiary/aromatic N) is 2. The summed E-state index contributed by atoms with van der Waals surface area (Å²) >= 11 is 0. The maximum atomic E-state index is 12.7. The van der Waals surface area contributed by atoms with Gasteiger partial charge >= 0.3 is 6.09 Å². The Morgan fingerprint density at radius 1 is 1.38 bits per heavy atom. The number of rotatable bonds is 5. The van der Waals surface area contributed by atoms with Crippen molar-refractivity contribution < 1.29 is 28.3 Å². The van der Waals surface area contributed by atoms with Crippen LogP contribution in [0.15, 0.2) is 29.2 Å². The molecule has 24 heavy (non-hydrogen) atoms. The summed E-state index contributed by atoms with van der Waals surface area (Å²) in [6, 6.07) is 3.46. The lowest BCUT2D eigenvalue weighted by Crippen LogP contribution is -2.42. The number of nitro benzene ring substituents is 1. The summed E-state index contributed by atoms with van der Waals surface area (Å²) < 4.78 is 26.2. The van der Waals surface area contributed by atoms with Gasteiger partial charge in [-0.15, -0.1) is 0 Å². The van der Waals surface area contributed by atoms with Crippen molar-refractivity contribution in [2.24, 2.45) is 0 Å². The average Bonchev–Trinajstić information content (AvgIpc) is 2.85. The second kappa shape index (κ2) is 6.71. The lowest BCUT2D eigenvalue weighted by molar-refractivity contribution is -0.387. The lowest BCUT2D eigenvalue weighted by Gasteiger charge is -2.26. The second-order valence-corrected chi connectivity index (χ2v) is 7.46. The first kappa shape index (κ1) is 18.1. The van der Waals surface area contributed by atoms with Gasteiger partial charge in [0, 0.05) is 19.2 Å². The van der Waals surface area contributed by atoms with Gasteiger partial charge in [-0.2, -0.15) is 4.31 Å². The summed E-state index contributed by atoms with van der Waals surface area (Å²) in [5, 5.41) is 32.0. The summed E-state index contributed by atoms with van der Waals surface area (Å²) in [4.78, 5) is 20.5. The van der Waals surface area contributed by atoms with Crippen molar-refractivity contribution in [1.82, 2.24) is 9.62 Å². The molecule has 3 N–H and O–H groups in total. The van der Waals surface area contributed by atoms with Crippen LogP contribution in [0.4, 0.5) is 10.5 Å². The van der Waals surface area contributed by atoms with Gasteiger partial charge in [-0.05, 0) is 18.9 Å². The number of amides is 1. The standard InChI is InChI=1S/C13H17N3O7S/c1-15(10-6-8(7-11(10)17)14-13(18)19)24(22,23)12-5-3-2-4-9(12)16(20)21/h2-5,8,10-11,14,17H,6-7H2,1H3,(H,18,19)/t8-,10+,11+/m1/s1. The fourth-order valence-electron chi connectivity index (χ4n) is 2.84. The number of benzene rings is 1. The molecule has 1 aromatic rings. The number of carbonyl (C=O) groups is 1. The largest absolute Gasteiger partial charge is 0.465 e. The van der Waals surface area contributed by atoms with E-state index in [4.69, 9.17) is 5.11 Å². The molecule has 1 saturated carbocycles. The summed E-state index contributed by atoms with van der Waals surface area (Å²) in [6.07, 6.45) is -2.21. The number of aliphatic hydroxyl groups excluding tert-OH is 1. The number of hydrogen-bond acceptors (Lipinski definition) is 6. The van der Waals surface area contributed by atoms with Gasteiger partial charge in [-0.25, -0.2) is 13.2 Å². The van der Waals surface area contributed by atoms with E-state index >= 15 is 0 Å². The number of aliphatic hydroxyl groups is 1. The average molecular weight is 359 g/mol. The molecule has 1 aliphatic carbocycles. The molecule has 1 fully saturated rings. The van der Waals surface area contributed by atoms with Crippen LogP contribution in [0.5, 0.6) is 0 Å². The predicted octanol–water partition coefficient (Wildman–Crippen LogP) is 0.375. The van der Waals surface area contributed by atoms with Crippen LogP contribution in [0.1, 0.15) is 12.8 Å². The van der Waals surface area contributed by atoms with Gasteiger partial charge in [0.2, 0.25) is 10.0 Å². The molecular formula is C13H17N3O7S. The van der Waals surface area contributed by atoms with Crippen molar-refractivity contribution >= 4 is 21.8 Å². The van der Waals surface area contributed by atoms with E-state index in [9.17, 15) is 28.4 Å². The van der Waals surface area contributed by atoms with Gasteiger partial charge in [0.25, 0.3) is 5.69 Å². The molecule has 1 amide bonds. The van der Waals surface area contributed by atoms with E-state index < -0.39 is 49.8 Å². The first-order valence-corrected chi connectivity index (χ1v) is 8.47. The zero-order chi connectivity index (χ0) is 18.1. The molecule has 132 valence electrons. The number of likely N-dealkylation sites (N-methyl/N-ethyl adjacent to an activating group) is 1. The molecule has 0 aliphatic heterocycles. The van der Waals surface area contributed by atoms with Crippen molar-refractivity contribution in [3.05, 3.63) is 34.4 Å². The number of para-hydroxylation sites is 1. The van der Waals surface area contributed by atoms with Crippen LogP contribution in [0.3, 0.4) is 0 Å². The van der Waals surface area contributed by atoms with Crippen LogP contribution < -0.4 is 5.32 Å². The van der Waals surface area contributed by atoms with Gasteiger partial charge < -0.3 is 15.5 Å². The van der Waals surface area contributed by atoms with Crippen LogP contribution in [0, 0.1) is 10.1 Å². The predicted molar refractivity (Wildman–Crippen MR) is 82.0 cm³/mol. The van der Waals surface area contributed by atoms with Crippen LogP contribution in [-0.4, -0.2) is 59.2 Å². The molecular weight excluding hydrogens is 342 g/mol. The maximum absolute atomic E-state index is 12.7. The normalized spacial score (nSPS) is 24.0. The van der Waals surface area contributed by atoms with E-state index in [0.717, 1.165) is 16.4 Å². The van der Waals surface area contributed by atoms with Crippen molar-refractivity contribution in [3.63, 3.8) is 0 Å². The van der Waals surface area contributed by atoms with Gasteiger partial charge in [0.05, 0.1) is 17.1 Å². The third-order valence-electron chi connectivity index (χ3n) is 4.01. The first-order chi connectivity index (χ1) is 11.1. The van der Waals surface area contributed by atoms with E-state index in [-0.39, 0.29) is 12.8 Å². The Morgan fingerprint density at radius 3 is 2.58 bits per heavy atom. The Kier molecular flexibility index (Phi) is 5.06. The van der Waals surface area contributed by atoms with Gasteiger partial charge in [-0.1, -0.05) is 12.1 Å². The monoisotopic (exact) mass is 359 g/mol. The highest BCUT2D eigenvalue weighted by Crippen LogP contribution is 2.31. The molecule has 0 heterocycles. The van der Waals surface area contributed by atoms with Crippen LogP contribution >= 0.6 is 0 Å². The van der Waals surface area contributed by atoms with Crippen LogP contribution in [0.25, 0.3) is 0 Å². The van der Waals surface area contributed by atoms with Gasteiger partial charge in [0.1, 0.15) is 0 Å². The third-order valence-corrected chi connectivity index (χ3v) is 5.94. The van der Waals surface area contributed by atoms with Gasteiger partial charge in [-0.3, -0.25) is 10.1 Å². The SMILES string of the molecule is CN([C@H]1C[C@@H](NC(=O)O)C[C@@H]1O)S(=O)(=O)c1ccccc1[N+](=O)[O-]. The Bertz CT molecular complexity index is 752. The molecule has 0 radical (unpaired) electrons. The third kappa shape index (κ3) is 3.47. The fraction of sp³-hybridized carbons (Fsp3) is 0.462. The molecule has 0 spiro atoms. The second-order valence-electron chi connectivity index (χ2n) is 5.50. The molecule has 1 aromatic carbocycles. The molecule has 2 rings (SSSR count). The topological polar surface area (TPSA) is 150 Å². The van der Waals surface area contributed by atoms with E-state index in [1.807, 2.05) is 0 Å². The Hall–Kier alpha value is -2.24. The smallest absolute Gasteiger partial charge is 0.404 e. The highest BCUT2D eigenvalue weighted by atomic mass is 32.2. The highest BCUT2D eigenvalue weighted by Gasteiger charge is 2.42. The molecule has 0 aromatic heterocycles. The van der Waals surface area contributed by atoms with E-state index in [1.165, 1.54) is 19.2 Å². The Balaban J connectivity index is 2.30. The van der Waals surface area contributed by atoms with Crippen LogP contribution in [0.2, 0.25) is 0 Å². The molecule has 10 nitrogen and oxygen atoms in total. The Morgan fingerprint density at radius 2 is 2.00 bits per heavy atom. The lowest BCUT2D eigenvalue weighted by atomic mass is 10.2. The fourth-order valence-corrected chi connectivity index (χ4v) is 4.39. The number of nitro groups is 1. The Labute approximate surface area is 137 Å². The van der Waals surface area contributed by atoms with Crippen molar-refractivity contribution in [3.8, 4) is 0 Å². The summed E-state index contributed by atoms with van der Waals surface area (Å²) in [5.74, 6) is 0. The van der Waals surface area contributed by atoms with E-state index in [1.54, 1.807) is 0 Å². The van der Waals surface area contributed by atoms with Gasteiger partial charge in [0.15, 0.2) is 4.90 Å². The number of hydrogen-bond donors (Lipinski definition) is 3. The van der Waals surface area contributed by atoms with Crippen molar-refractivity contribution in [1.29, 1.82) is 0 Å². The van der Waals surface area contributed by atoms with Crippen molar-refractivity contribution in [2.75, 3.05) is 7.05 Å². The maximum Gasteiger partial charge on any atom is 0.404 e. The summed E-state index contributed by atoms with van der Waals surface area (Å²) in [7, 11) is -3.02. The first-order valence-electron chi connectivity index (χ1n) is 7.03. The number of carboxylic acid groups (broad SMARTS) is 1. The van der Waals surface area contributed by atoms with E-state index in [0.29, 0.717) is 0 Å². The van der Waals surface area contributed by atoms with E-state index in [2.05, 4.69) is 5.32 Å². The minimum Gasteiger partial charge on any atom is -0.465 e. The van der Waals surface area contributed by atoms with Crippen molar-refractivity contribution in [2.45, 2.75) is 35.9 Å². The molecule has 0 bridgehead atoms. The summed E-state index contributed by atoms with van der Waals surface area (Å²) in [6.45, 7) is 0. The quantitative estimate of drug-likeness (QED) is 0.508. The van der Waals surface area contributed by atoms with Crippen LogP contribution in [-0.2, 0) is 10.0 Å². The minimum atomic E-state index is -4.23. The highest BCUT2D eigenvalue weighted by molar-refractivity contribution is 7.89. The molecule has 11 heteroatoms. The molecule has 0 unspecified atom stereocenters. The molecule has 3 atom stereocenters. The molecule has 0 saturated heterocycles. The minimum absolute atomic E-state index is 0.0632. The number of nitrogens with one attached hydrogen (secondary N) is 1. The zero-order valence-corrected chi connectivity index (χ0v) is 13.5. The zero-order valence-electron chi connectivity index (χ0n) is 12.7. The number of sulfonamides is 1.